The van der Waals surface area contributed by atoms with Crippen LogP contribution in [0.1, 0.15) is 31.4 Å². The molecule has 92 valence electrons. The van der Waals surface area contributed by atoms with Crippen LogP contribution in [0.5, 0.6) is 0 Å². The minimum atomic E-state index is -0.231. The van der Waals surface area contributed by atoms with Crippen molar-refractivity contribution >= 4 is 5.97 Å². The molecule has 1 aromatic rings. The first-order valence-corrected chi connectivity index (χ1v) is 6.01. The molecule has 0 saturated heterocycles. The number of pyridine rings is 1. The van der Waals surface area contributed by atoms with Crippen molar-refractivity contribution in [2.45, 2.75) is 44.3 Å². The largest absolute Gasteiger partial charge is 0.462 e. The molecule has 0 aromatic carbocycles. The van der Waals surface area contributed by atoms with Crippen molar-refractivity contribution in [1.82, 2.24) is 4.98 Å². The van der Waals surface area contributed by atoms with Crippen LogP contribution < -0.4 is 0 Å². The van der Waals surface area contributed by atoms with E-state index in [1.807, 2.05) is 18.2 Å². The highest BCUT2D eigenvalue weighted by Crippen LogP contribution is 2.21. The molecule has 0 radical (unpaired) electrons. The van der Waals surface area contributed by atoms with Gasteiger partial charge in [0.2, 0.25) is 0 Å². The van der Waals surface area contributed by atoms with Gasteiger partial charge in [-0.25, -0.2) is 0 Å². The molecule has 17 heavy (non-hydrogen) atoms. The molecular formula is C13H17NO3. The van der Waals surface area contributed by atoms with E-state index in [4.69, 9.17) is 4.74 Å². The van der Waals surface area contributed by atoms with Crippen LogP contribution in [0.3, 0.4) is 0 Å². The van der Waals surface area contributed by atoms with Crippen molar-refractivity contribution in [3.05, 3.63) is 30.1 Å². The SMILES string of the molecule is O=C(Cc1ccccn1)O[C@H]1CC[C@H](O)CC1. The third-order valence-electron chi connectivity index (χ3n) is 2.99. The van der Waals surface area contributed by atoms with Gasteiger partial charge in [-0.05, 0) is 37.8 Å². The van der Waals surface area contributed by atoms with Gasteiger partial charge in [0, 0.05) is 6.20 Å². The highest BCUT2D eigenvalue weighted by atomic mass is 16.5. The van der Waals surface area contributed by atoms with Gasteiger partial charge in [0.1, 0.15) is 6.10 Å². The zero-order chi connectivity index (χ0) is 12.1. The standard InChI is InChI=1S/C13H17NO3/c15-11-4-6-12(7-5-11)17-13(16)9-10-3-1-2-8-14-10/h1-3,8,11-12,15H,4-7,9H2/t11-,12-. The maximum Gasteiger partial charge on any atom is 0.312 e. The Kier molecular flexibility index (Phi) is 4.09. The summed E-state index contributed by atoms with van der Waals surface area (Å²) < 4.78 is 5.35. The average molecular weight is 235 g/mol. The van der Waals surface area contributed by atoms with Crippen molar-refractivity contribution in [2.75, 3.05) is 0 Å². The second-order valence-electron chi connectivity index (χ2n) is 4.42. The summed E-state index contributed by atoms with van der Waals surface area (Å²) in [5, 5.41) is 9.35. The summed E-state index contributed by atoms with van der Waals surface area (Å²) in [6, 6.07) is 5.48. The van der Waals surface area contributed by atoms with Crippen LogP contribution in [0.2, 0.25) is 0 Å². The first-order chi connectivity index (χ1) is 8.24. The summed E-state index contributed by atoms with van der Waals surface area (Å²) >= 11 is 0. The Balaban J connectivity index is 1.78. The Morgan fingerprint density at radius 1 is 1.35 bits per heavy atom. The van der Waals surface area contributed by atoms with Crippen molar-refractivity contribution in [1.29, 1.82) is 0 Å². The molecule has 1 N–H and O–H groups in total. The maximum atomic E-state index is 11.6. The summed E-state index contributed by atoms with van der Waals surface area (Å²) in [6.45, 7) is 0. The van der Waals surface area contributed by atoms with Crippen molar-refractivity contribution in [2.24, 2.45) is 0 Å². The normalized spacial score (nSPS) is 24.3. The first kappa shape index (κ1) is 12.0. The van der Waals surface area contributed by atoms with E-state index in [0.717, 1.165) is 31.4 Å². The molecule has 0 aliphatic heterocycles. The molecule has 0 spiro atoms. The van der Waals surface area contributed by atoms with E-state index >= 15 is 0 Å². The fourth-order valence-corrected chi connectivity index (χ4v) is 2.04. The zero-order valence-electron chi connectivity index (χ0n) is 9.71. The molecule has 0 unspecified atom stereocenters. The van der Waals surface area contributed by atoms with Gasteiger partial charge in [-0.3, -0.25) is 9.78 Å². The molecule has 1 saturated carbocycles. The van der Waals surface area contributed by atoms with Crippen molar-refractivity contribution in [3.8, 4) is 0 Å². The molecule has 1 heterocycles. The molecule has 0 bridgehead atoms. The van der Waals surface area contributed by atoms with E-state index < -0.39 is 0 Å². The van der Waals surface area contributed by atoms with Gasteiger partial charge in [0.05, 0.1) is 18.2 Å². The summed E-state index contributed by atoms with van der Waals surface area (Å²) in [7, 11) is 0. The Morgan fingerprint density at radius 3 is 2.76 bits per heavy atom. The third-order valence-corrected chi connectivity index (χ3v) is 2.99. The Bertz CT molecular complexity index is 358. The van der Waals surface area contributed by atoms with Gasteiger partial charge in [-0.15, -0.1) is 0 Å². The first-order valence-electron chi connectivity index (χ1n) is 6.01. The van der Waals surface area contributed by atoms with Crippen LogP contribution >= 0.6 is 0 Å². The Labute approximate surface area is 101 Å². The molecule has 1 fully saturated rings. The van der Waals surface area contributed by atoms with E-state index in [-0.39, 0.29) is 24.6 Å². The van der Waals surface area contributed by atoms with E-state index in [9.17, 15) is 9.90 Å². The lowest BCUT2D eigenvalue weighted by atomic mass is 9.95. The predicted molar refractivity (Wildman–Crippen MR) is 62.3 cm³/mol. The van der Waals surface area contributed by atoms with Gasteiger partial charge >= 0.3 is 5.97 Å². The number of carbonyl (C=O) groups excluding carboxylic acids is 1. The van der Waals surface area contributed by atoms with E-state index in [2.05, 4.69) is 4.98 Å². The maximum absolute atomic E-state index is 11.6. The molecular weight excluding hydrogens is 218 g/mol. The lowest BCUT2D eigenvalue weighted by molar-refractivity contribution is -0.150. The summed E-state index contributed by atoms with van der Waals surface area (Å²) in [4.78, 5) is 15.7. The van der Waals surface area contributed by atoms with Crippen LogP contribution in [0.25, 0.3) is 0 Å². The molecule has 4 heteroatoms. The van der Waals surface area contributed by atoms with E-state index in [1.165, 1.54) is 0 Å². The van der Waals surface area contributed by atoms with Crippen LogP contribution in [0.4, 0.5) is 0 Å². The molecule has 1 aliphatic carbocycles. The average Bonchev–Trinajstić information content (AvgIpc) is 2.33. The van der Waals surface area contributed by atoms with Crippen molar-refractivity contribution < 1.29 is 14.6 Å². The number of ether oxygens (including phenoxy) is 1. The lowest BCUT2D eigenvalue weighted by Crippen LogP contribution is -2.27. The third kappa shape index (κ3) is 3.82. The highest BCUT2D eigenvalue weighted by Gasteiger charge is 2.22. The molecule has 0 amide bonds. The van der Waals surface area contributed by atoms with Gasteiger partial charge < -0.3 is 9.84 Å². The Hall–Kier alpha value is -1.42. The topological polar surface area (TPSA) is 59.4 Å². The number of nitrogens with zero attached hydrogens (tertiary/aromatic N) is 1. The van der Waals surface area contributed by atoms with Crippen LogP contribution in [0, 0.1) is 0 Å². The molecule has 1 aliphatic rings. The smallest absolute Gasteiger partial charge is 0.312 e. The number of carbonyl (C=O) groups is 1. The van der Waals surface area contributed by atoms with Crippen molar-refractivity contribution in [3.63, 3.8) is 0 Å². The minimum Gasteiger partial charge on any atom is -0.462 e. The van der Waals surface area contributed by atoms with Crippen LogP contribution in [-0.4, -0.2) is 28.3 Å². The fraction of sp³-hybridized carbons (Fsp3) is 0.538. The number of aliphatic hydroxyl groups is 1. The van der Waals surface area contributed by atoms with Gasteiger partial charge in [-0.1, -0.05) is 6.07 Å². The number of aromatic nitrogens is 1. The predicted octanol–water partition coefficient (Wildman–Crippen LogP) is 1.47. The van der Waals surface area contributed by atoms with E-state index in [1.54, 1.807) is 6.20 Å². The minimum absolute atomic E-state index is 0.0328. The highest BCUT2D eigenvalue weighted by molar-refractivity contribution is 5.72. The monoisotopic (exact) mass is 235 g/mol. The lowest BCUT2D eigenvalue weighted by Gasteiger charge is -2.25. The number of hydrogen-bond donors (Lipinski definition) is 1. The zero-order valence-corrected chi connectivity index (χ0v) is 9.71. The summed E-state index contributed by atoms with van der Waals surface area (Å²) in [5.74, 6) is -0.231. The summed E-state index contributed by atoms with van der Waals surface area (Å²) in [5.41, 5.74) is 0.730. The number of rotatable bonds is 3. The molecule has 1 aromatic heterocycles. The Morgan fingerprint density at radius 2 is 2.12 bits per heavy atom. The molecule has 2 rings (SSSR count). The van der Waals surface area contributed by atoms with Crippen LogP contribution in [-0.2, 0) is 16.0 Å². The second-order valence-corrected chi connectivity index (χ2v) is 4.42. The number of esters is 1. The quantitative estimate of drug-likeness (QED) is 0.806. The van der Waals surface area contributed by atoms with E-state index in [0.29, 0.717) is 0 Å². The molecule has 0 atom stereocenters. The van der Waals surface area contributed by atoms with Crippen LogP contribution in [0.15, 0.2) is 24.4 Å². The number of aliphatic hydroxyl groups excluding tert-OH is 1. The summed E-state index contributed by atoms with van der Waals surface area (Å²) in [6.07, 6.45) is 4.60. The van der Waals surface area contributed by atoms with Gasteiger partial charge in [0.25, 0.3) is 0 Å². The second kappa shape index (κ2) is 5.77. The molecule has 4 nitrogen and oxygen atoms in total. The number of hydrogen-bond acceptors (Lipinski definition) is 4. The fourth-order valence-electron chi connectivity index (χ4n) is 2.04. The van der Waals surface area contributed by atoms with Gasteiger partial charge in [0.15, 0.2) is 0 Å². The van der Waals surface area contributed by atoms with Gasteiger partial charge in [-0.2, -0.15) is 0 Å².